The predicted molar refractivity (Wildman–Crippen MR) is 96.4 cm³/mol. The summed E-state index contributed by atoms with van der Waals surface area (Å²) < 4.78 is 31.2. The molecule has 1 aromatic carbocycles. The van der Waals surface area contributed by atoms with E-state index < -0.39 is 10.0 Å². The highest BCUT2D eigenvalue weighted by Gasteiger charge is 2.26. The van der Waals surface area contributed by atoms with Gasteiger partial charge in [-0.1, -0.05) is 6.07 Å². The molecule has 0 aromatic heterocycles. The van der Waals surface area contributed by atoms with Gasteiger partial charge in [0, 0.05) is 38.3 Å². The van der Waals surface area contributed by atoms with Gasteiger partial charge in [-0.05, 0) is 31.0 Å². The zero-order valence-electron chi connectivity index (χ0n) is 14.3. The quantitative estimate of drug-likeness (QED) is 0.828. The molecule has 2 heterocycles. The van der Waals surface area contributed by atoms with Gasteiger partial charge >= 0.3 is 0 Å². The minimum absolute atomic E-state index is 0.170. The summed E-state index contributed by atoms with van der Waals surface area (Å²) in [4.78, 5) is 14.6. The monoisotopic (exact) mass is 367 g/mol. The summed E-state index contributed by atoms with van der Waals surface area (Å²) in [7, 11) is -3.27. The number of carbonyl (C=O) groups excluding carboxylic acids is 1. The van der Waals surface area contributed by atoms with Crippen LogP contribution in [0.1, 0.15) is 23.2 Å². The zero-order chi connectivity index (χ0) is 17.7. The van der Waals surface area contributed by atoms with E-state index in [2.05, 4.69) is 10.2 Å². The molecule has 7 nitrogen and oxygen atoms in total. The third-order valence-electron chi connectivity index (χ3n) is 4.56. The van der Waals surface area contributed by atoms with Crippen molar-refractivity contribution in [2.45, 2.75) is 12.8 Å². The van der Waals surface area contributed by atoms with Crippen LogP contribution >= 0.6 is 0 Å². The van der Waals surface area contributed by atoms with Crippen LogP contribution in [0.4, 0.5) is 5.69 Å². The number of ether oxygens (including phenoxy) is 1. The molecule has 0 unspecified atom stereocenters. The highest BCUT2D eigenvalue weighted by molar-refractivity contribution is 7.92. The lowest BCUT2D eigenvalue weighted by atomic mass is 10.2. The molecule has 1 aromatic rings. The van der Waals surface area contributed by atoms with Crippen LogP contribution in [-0.2, 0) is 14.8 Å². The molecule has 0 radical (unpaired) electrons. The molecule has 2 fully saturated rings. The molecule has 0 bridgehead atoms. The smallest absolute Gasteiger partial charge is 0.251 e. The fourth-order valence-electron chi connectivity index (χ4n) is 3.14. The number of hydrogen-bond donors (Lipinski definition) is 1. The van der Waals surface area contributed by atoms with Gasteiger partial charge in [-0.25, -0.2) is 8.42 Å². The summed E-state index contributed by atoms with van der Waals surface area (Å²) in [6.45, 7) is 5.07. The molecule has 138 valence electrons. The number of nitrogens with zero attached hydrogens (tertiary/aromatic N) is 2. The fraction of sp³-hybridized carbons (Fsp3) is 0.588. The highest BCUT2D eigenvalue weighted by atomic mass is 32.2. The van der Waals surface area contributed by atoms with E-state index in [1.807, 2.05) is 0 Å². The number of sulfonamides is 1. The lowest BCUT2D eigenvalue weighted by molar-refractivity contribution is 0.0383. The van der Waals surface area contributed by atoms with Gasteiger partial charge in [-0.15, -0.1) is 0 Å². The maximum Gasteiger partial charge on any atom is 0.251 e. The summed E-state index contributed by atoms with van der Waals surface area (Å²) in [5.41, 5.74) is 1.06. The minimum Gasteiger partial charge on any atom is -0.379 e. The van der Waals surface area contributed by atoms with Crippen LogP contribution in [-0.4, -0.2) is 70.9 Å². The molecule has 0 aliphatic carbocycles. The summed E-state index contributed by atoms with van der Waals surface area (Å²) in [5, 5.41) is 2.91. The number of morpholine rings is 1. The second kappa shape index (κ2) is 8.16. The average Bonchev–Trinajstić information content (AvgIpc) is 2.62. The van der Waals surface area contributed by atoms with Gasteiger partial charge in [0.05, 0.1) is 24.7 Å². The molecule has 2 saturated heterocycles. The van der Waals surface area contributed by atoms with E-state index in [1.165, 1.54) is 4.31 Å². The molecular formula is C17H25N3O4S. The zero-order valence-corrected chi connectivity index (χ0v) is 15.1. The van der Waals surface area contributed by atoms with Crippen molar-refractivity contribution in [3.8, 4) is 0 Å². The Kier molecular flexibility index (Phi) is 5.93. The second-order valence-corrected chi connectivity index (χ2v) is 8.37. The third-order valence-corrected chi connectivity index (χ3v) is 6.43. The van der Waals surface area contributed by atoms with Crippen LogP contribution in [0.15, 0.2) is 24.3 Å². The highest BCUT2D eigenvalue weighted by Crippen LogP contribution is 2.24. The van der Waals surface area contributed by atoms with Crippen molar-refractivity contribution >= 4 is 21.6 Å². The minimum atomic E-state index is -3.27. The molecular weight excluding hydrogens is 342 g/mol. The van der Waals surface area contributed by atoms with Crippen molar-refractivity contribution in [2.24, 2.45) is 0 Å². The number of amides is 1. The van der Waals surface area contributed by atoms with Crippen molar-refractivity contribution in [1.82, 2.24) is 10.2 Å². The van der Waals surface area contributed by atoms with E-state index in [-0.39, 0.29) is 11.7 Å². The van der Waals surface area contributed by atoms with E-state index in [1.54, 1.807) is 24.3 Å². The maximum atomic E-state index is 12.4. The summed E-state index contributed by atoms with van der Waals surface area (Å²) in [6, 6.07) is 6.85. The van der Waals surface area contributed by atoms with E-state index in [9.17, 15) is 13.2 Å². The van der Waals surface area contributed by atoms with E-state index >= 15 is 0 Å². The van der Waals surface area contributed by atoms with E-state index in [0.717, 1.165) is 39.3 Å². The maximum absolute atomic E-state index is 12.4. The summed E-state index contributed by atoms with van der Waals surface area (Å²) >= 11 is 0. The molecule has 0 atom stereocenters. The third kappa shape index (κ3) is 4.71. The SMILES string of the molecule is O=C(NCCN1CCOCC1)c1cccc(N2CCCCS2(=O)=O)c1. The Labute approximate surface area is 149 Å². The first-order chi connectivity index (χ1) is 12.1. The van der Waals surface area contributed by atoms with Gasteiger partial charge in [0.1, 0.15) is 0 Å². The Morgan fingerprint density at radius 1 is 1.16 bits per heavy atom. The lowest BCUT2D eigenvalue weighted by Gasteiger charge is -2.28. The molecule has 1 amide bonds. The number of benzene rings is 1. The molecule has 0 saturated carbocycles. The van der Waals surface area contributed by atoms with Crippen molar-refractivity contribution in [3.05, 3.63) is 29.8 Å². The molecule has 0 spiro atoms. The second-order valence-electron chi connectivity index (χ2n) is 6.36. The topological polar surface area (TPSA) is 79.0 Å². The Hall–Kier alpha value is -1.64. The summed E-state index contributed by atoms with van der Waals surface area (Å²) in [5.74, 6) is -0.00676. The van der Waals surface area contributed by atoms with Crippen molar-refractivity contribution in [3.63, 3.8) is 0 Å². The summed E-state index contributed by atoms with van der Waals surface area (Å²) in [6.07, 6.45) is 1.54. The largest absolute Gasteiger partial charge is 0.379 e. The van der Waals surface area contributed by atoms with Gasteiger partial charge in [-0.3, -0.25) is 14.0 Å². The molecule has 2 aliphatic rings. The Morgan fingerprint density at radius 2 is 1.96 bits per heavy atom. The Balaban J connectivity index is 1.59. The van der Waals surface area contributed by atoms with Gasteiger partial charge in [0.15, 0.2) is 0 Å². The van der Waals surface area contributed by atoms with E-state index in [4.69, 9.17) is 4.74 Å². The number of carbonyl (C=O) groups is 1. The first-order valence-electron chi connectivity index (χ1n) is 8.75. The van der Waals surface area contributed by atoms with Gasteiger partial charge in [0.2, 0.25) is 10.0 Å². The van der Waals surface area contributed by atoms with Crippen LogP contribution in [0.25, 0.3) is 0 Å². The standard InChI is InChI=1S/C17H25N3O4S/c21-17(18-6-8-19-9-11-24-12-10-19)15-4-3-5-16(14-15)20-7-1-2-13-25(20,22)23/h3-5,14H,1-2,6-13H2,(H,18,21). The van der Waals surface area contributed by atoms with Gasteiger partial charge < -0.3 is 10.1 Å². The molecule has 2 aliphatic heterocycles. The van der Waals surface area contributed by atoms with Crippen LogP contribution in [0.2, 0.25) is 0 Å². The number of anilines is 1. The van der Waals surface area contributed by atoms with Crippen molar-refractivity contribution in [2.75, 3.05) is 56.0 Å². The first-order valence-corrected chi connectivity index (χ1v) is 10.4. The normalized spacial score (nSPS) is 21.0. The number of rotatable bonds is 5. The predicted octanol–water partition coefficient (Wildman–Crippen LogP) is 0.679. The van der Waals surface area contributed by atoms with Crippen molar-refractivity contribution in [1.29, 1.82) is 0 Å². The Morgan fingerprint density at radius 3 is 2.72 bits per heavy atom. The number of nitrogens with one attached hydrogen (secondary N) is 1. The molecule has 1 N–H and O–H groups in total. The van der Waals surface area contributed by atoms with Crippen molar-refractivity contribution < 1.29 is 17.9 Å². The Bertz CT molecular complexity index is 702. The number of hydrogen-bond acceptors (Lipinski definition) is 5. The first kappa shape index (κ1) is 18.2. The van der Waals surface area contributed by atoms with Crippen LogP contribution in [0.5, 0.6) is 0 Å². The van der Waals surface area contributed by atoms with Crippen LogP contribution in [0, 0.1) is 0 Å². The molecule has 8 heteroatoms. The lowest BCUT2D eigenvalue weighted by Crippen LogP contribution is -2.41. The van der Waals surface area contributed by atoms with Gasteiger partial charge in [-0.2, -0.15) is 0 Å². The fourth-order valence-corrected chi connectivity index (χ4v) is 4.77. The van der Waals surface area contributed by atoms with E-state index in [0.29, 0.717) is 30.8 Å². The van der Waals surface area contributed by atoms with Crippen LogP contribution < -0.4 is 9.62 Å². The average molecular weight is 367 g/mol. The molecule has 3 rings (SSSR count). The molecule has 25 heavy (non-hydrogen) atoms. The van der Waals surface area contributed by atoms with Gasteiger partial charge in [0.25, 0.3) is 5.91 Å². The van der Waals surface area contributed by atoms with Crippen LogP contribution in [0.3, 0.4) is 0 Å².